The highest BCUT2D eigenvalue weighted by Gasteiger charge is 2.51. The first-order chi connectivity index (χ1) is 8.94. The van der Waals surface area contributed by atoms with Crippen molar-refractivity contribution in [2.24, 2.45) is 0 Å². The Balaban J connectivity index is 2.04. The molecule has 0 bridgehead atoms. The summed E-state index contributed by atoms with van der Waals surface area (Å²) in [4.78, 5) is 36.9. The first-order valence-corrected chi connectivity index (χ1v) is 6.59. The highest BCUT2D eigenvalue weighted by atomic mass is 16.2. The Labute approximate surface area is 112 Å². The van der Waals surface area contributed by atoms with E-state index in [-0.39, 0.29) is 24.4 Å². The number of carbonyl (C=O) groups excluding carboxylic acids is 3. The quantitative estimate of drug-likeness (QED) is 0.584. The van der Waals surface area contributed by atoms with E-state index in [0.717, 1.165) is 4.90 Å². The van der Waals surface area contributed by atoms with Crippen LogP contribution >= 0.6 is 0 Å². The fraction of sp³-hybridized carbons (Fsp3) is 0.750. The van der Waals surface area contributed by atoms with E-state index in [0.29, 0.717) is 25.9 Å². The van der Waals surface area contributed by atoms with Crippen molar-refractivity contribution >= 4 is 17.8 Å². The highest BCUT2D eigenvalue weighted by Crippen LogP contribution is 2.26. The maximum atomic E-state index is 12.3. The molecule has 4 amide bonds. The zero-order valence-electron chi connectivity index (χ0n) is 11.3. The van der Waals surface area contributed by atoms with Crippen LogP contribution in [0, 0.1) is 0 Å². The Kier molecular flexibility index (Phi) is 3.75. The molecule has 2 aliphatic rings. The predicted octanol–water partition coefficient (Wildman–Crippen LogP) is -0.815. The van der Waals surface area contributed by atoms with Crippen LogP contribution in [0.15, 0.2) is 0 Å². The number of hydrogen-bond donors (Lipinski definition) is 3. The molecule has 2 saturated heterocycles. The second-order valence-corrected chi connectivity index (χ2v) is 5.38. The number of imide groups is 1. The van der Waals surface area contributed by atoms with Crippen LogP contribution in [0.3, 0.4) is 0 Å². The first kappa shape index (κ1) is 13.8. The van der Waals surface area contributed by atoms with Gasteiger partial charge in [0, 0.05) is 6.04 Å². The molecule has 0 aliphatic carbocycles. The monoisotopic (exact) mass is 268 g/mol. The van der Waals surface area contributed by atoms with E-state index < -0.39 is 11.6 Å². The van der Waals surface area contributed by atoms with Crippen LogP contribution in [0.5, 0.6) is 0 Å². The van der Waals surface area contributed by atoms with Crippen molar-refractivity contribution in [1.29, 1.82) is 0 Å². The van der Waals surface area contributed by atoms with Gasteiger partial charge in [0.15, 0.2) is 0 Å². The van der Waals surface area contributed by atoms with Crippen molar-refractivity contribution in [3.8, 4) is 0 Å². The van der Waals surface area contributed by atoms with Gasteiger partial charge >= 0.3 is 6.03 Å². The highest BCUT2D eigenvalue weighted by molar-refractivity contribution is 6.09. The lowest BCUT2D eigenvalue weighted by molar-refractivity contribution is -0.135. The molecule has 1 spiro atoms. The summed E-state index contributed by atoms with van der Waals surface area (Å²) >= 11 is 0. The van der Waals surface area contributed by atoms with Gasteiger partial charge in [-0.15, -0.1) is 0 Å². The minimum absolute atomic E-state index is 0.0129. The maximum absolute atomic E-state index is 12.3. The van der Waals surface area contributed by atoms with Gasteiger partial charge in [0.2, 0.25) is 5.91 Å². The number of carbonyl (C=O) groups is 3. The largest absolute Gasteiger partial charge is 0.352 e. The minimum Gasteiger partial charge on any atom is -0.352 e. The third kappa shape index (κ3) is 2.70. The van der Waals surface area contributed by atoms with E-state index in [1.54, 1.807) is 0 Å². The Morgan fingerprint density at radius 2 is 2.00 bits per heavy atom. The summed E-state index contributed by atoms with van der Waals surface area (Å²) in [7, 11) is 0. The van der Waals surface area contributed by atoms with Gasteiger partial charge in [0.1, 0.15) is 12.1 Å². The van der Waals surface area contributed by atoms with E-state index in [1.807, 2.05) is 13.8 Å². The van der Waals surface area contributed by atoms with Crippen LogP contribution < -0.4 is 16.0 Å². The molecule has 2 aliphatic heterocycles. The molecule has 0 aromatic heterocycles. The Morgan fingerprint density at radius 3 is 2.58 bits per heavy atom. The average molecular weight is 268 g/mol. The summed E-state index contributed by atoms with van der Waals surface area (Å²) < 4.78 is 0. The average Bonchev–Trinajstić information content (AvgIpc) is 2.54. The summed E-state index contributed by atoms with van der Waals surface area (Å²) in [6.45, 7) is 4.84. The lowest BCUT2D eigenvalue weighted by Crippen LogP contribution is -2.54. The Morgan fingerprint density at radius 1 is 1.37 bits per heavy atom. The molecule has 0 aromatic rings. The number of rotatable bonds is 3. The van der Waals surface area contributed by atoms with E-state index in [1.165, 1.54) is 0 Å². The lowest BCUT2D eigenvalue weighted by Gasteiger charge is -2.31. The number of urea groups is 1. The predicted molar refractivity (Wildman–Crippen MR) is 68.4 cm³/mol. The van der Waals surface area contributed by atoms with E-state index in [2.05, 4.69) is 16.0 Å². The normalized spacial score (nSPS) is 21.9. The molecule has 0 aromatic carbocycles. The summed E-state index contributed by atoms with van der Waals surface area (Å²) in [6.07, 6.45) is 1.14. The molecule has 19 heavy (non-hydrogen) atoms. The third-order valence-corrected chi connectivity index (χ3v) is 3.45. The van der Waals surface area contributed by atoms with Crippen molar-refractivity contribution in [3.63, 3.8) is 0 Å². The number of nitrogens with zero attached hydrogens (tertiary/aromatic N) is 1. The molecule has 0 saturated carbocycles. The Hall–Kier alpha value is -1.63. The summed E-state index contributed by atoms with van der Waals surface area (Å²) in [5.41, 5.74) is -0.805. The number of piperidine rings is 1. The molecule has 2 heterocycles. The van der Waals surface area contributed by atoms with Gasteiger partial charge in [-0.2, -0.15) is 0 Å². The van der Waals surface area contributed by atoms with Crippen LogP contribution in [0.25, 0.3) is 0 Å². The van der Waals surface area contributed by atoms with Gasteiger partial charge in [-0.3, -0.25) is 14.5 Å². The second kappa shape index (κ2) is 5.16. The second-order valence-electron chi connectivity index (χ2n) is 5.38. The summed E-state index contributed by atoms with van der Waals surface area (Å²) in [5.74, 6) is -0.595. The SMILES string of the molecule is CC(C)NC(=O)CN1C(=O)NC2(CCNCC2)C1=O. The first-order valence-electron chi connectivity index (χ1n) is 6.59. The maximum Gasteiger partial charge on any atom is 0.325 e. The molecule has 3 N–H and O–H groups in total. The van der Waals surface area contributed by atoms with Gasteiger partial charge in [0.05, 0.1) is 0 Å². The smallest absolute Gasteiger partial charge is 0.325 e. The fourth-order valence-electron chi connectivity index (χ4n) is 2.52. The molecule has 0 radical (unpaired) electrons. The zero-order valence-corrected chi connectivity index (χ0v) is 11.3. The number of nitrogens with one attached hydrogen (secondary N) is 3. The molecule has 2 rings (SSSR count). The van der Waals surface area contributed by atoms with E-state index in [4.69, 9.17) is 0 Å². The van der Waals surface area contributed by atoms with Crippen LogP contribution in [0.4, 0.5) is 4.79 Å². The van der Waals surface area contributed by atoms with Gasteiger partial charge in [-0.1, -0.05) is 0 Å². The van der Waals surface area contributed by atoms with Crippen LogP contribution in [0.1, 0.15) is 26.7 Å². The van der Waals surface area contributed by atoms with Gasteiger partial charge in [0.25, 0.3) is 5.91 Å². The number of hydrogen-bond acceptors (Lipinski definition) is 4. The van der Waals surface area contributed by atoms with Crippen LogP contribution in [0.2, 0.25) is 0 Å². The van der Waals surface area contributed by atoms with Crippen molar-refractivity contribution in [3.05, 3.63) is 0 Å². The lowest BCUT2D eigenvalue weighted by atomic mass is 9.88. The molecular weight excluding hydrogens is 248 g/mol. The zero-order chi connectivity index (χ0) is 14.0. The topological polar surface area (TPSA) is 90.5 Å². The van der Waals surface area contributed by atoms with E-state index >= 15 is 0 Å². The van der Waals surface area contributed by atoms with Crippen LogP contribution in [-0.2, 0) is 9.59 Å². The van der Waals surface area contributed by atoms with Gasteiger partial charge in [-0.05, 0) is 39.8 Å². The van der Waals surface area contributed by atoms with Crippen molar-refractivity contribution in [2.45, 2.75) is 38.3 Å². The number of amides is 4. The molecular formula is C12H20N4O3. The van der Waals surface area contributed by atoms with Crippen LogP contribution in [-0.4, -0.2) is 54.0 Å². The molecule has 2 fully saturated rings. The van der Waals surface area contributed by atoms with Crippen molar-refractivity contribution in [1.82, 2.24) is 20.9 Å². The molecule has 0 unspecified atom stereocenters. The molecule has 0 atom stereocenters. The van der Waals surface area contributed by atoms with E-state index in [9.17, 15) is 14.4 Å². The molecule has 7 nitrogen and oxygen atoms in total. The van der Waals surface area contributed by atoms with Gasteiger partial charge < -0.3 is 16.0 Å². The standard InChI is InChI=1S/C12H20N4O3/c1-8(2)14-9(17)7-16-10(18)12(15-11(16)19)3-5-13-6-4-12/h8,13H,3-7H2,1-2H3,(H,14,17)(H,15,19). The van der Waals surface area contributed by atoms with Crippen molar-refractivity contribution < 1.29 is 14.4 Å². The summed E-state index contributed by atoms with van der Waals surface area (Å²) in [5, 5.41) is 8.57. The van der Waals surface area contributed by atoms with Crippen molar-refractivity contribution in [2.75, 3.05) is 19.6 Å². The Bertz CT molecular complexity index is 402. The fourth-order valence-corrected chi connectivity index (χ4v) is 2.52. The molecule has 106 valence electrons. The third-order valence-electron chi connectivity index (χ3n) is 3.45. The molecule has 7 heteroatoms. The van der Waals surface area contributed by atoms with Gasteiger partial charge in [-0.25, -0.2) is 4.79 Å². The summed E-state index contributed by atoms with van der Waals surface area (Å²) in [6, 6.07) is -0.480. The minimum atomic E-state index is -0.805.